The lowest BCUT2D eigenvalue weighted by Crippen LogP contribution is -2.51. The van der Waals surface area contributed by atoms with Crippen LogP contribution in [0, 0.1) is 0 Å². The molecule has 0 aromatic heterocycles. The molecular formula is C15H22ClN3O3S. The summed E-state index contributed by atoms with van der Waals surface area (Å²) in [5, 5.41) is 3.28. The highest BCUT2D eigenvalue weighted by molar-refractivity contribution is 7.89. The van der Waals surface area contributed by atoms with Gasteiger partial charge in [0.25, 0.3) is 5.91 Å². The average Bonchev–Trinajstić information content (AvgIpc) is 2.52. The summed E-state index contributed by atoms with van der Waals surface area (Å²) in [6, 6.07) is 6.27. The fourth-order valence-corrected chi connectivity index (χ4v) is 3.33. The summed E-state index contributed by atoms with van der Waals surface area (Å²) in [6.45, 7) is 7.74. The van der Waals surface area contributed by atoms with Crippen molar-refractivity contribution in [1.29, 1.82) is 0 Å². The van der Waals surface area contributed by atoms with E-state index >= 15 is 0 Å². The third kappa shape index (κ3) is 5.04. The molecule has 0 radical (unpaired) electrons. The van der Waals surface area contributed by atoms with Crippen LogP contribution < -0.4 is 10.0 Å². The Balaban J connectivity index is 0.00000264. The number of halogens is 1. The first kappa shape index (κ1) is 19.6. The van der Waals surface area contributed by atoms with Gasteiger partial charge in [-0.1, -0.05) is 6.08 Å². The Morgan fingerprint density at radius 1 is 1.43 bits per heavy atom. The Hall–Kier alpha value is -1.41. The first-order chi connectivity index (χ1) is 10.4. The van der Waals surface area contributed by atoms with Crippen molar-refractivity contribution in [3.63, 3.8) is 0 Å². The number of benzene rings is 1. The fraction of sp³-hybridized carbons (Fsp3) is 0.400. The third-order valence-electron chi connectivity index (χ3n) is 3.49. The minimum absolute atomic E-state index is 0. The predicted molar refractivity (Wildman–Crippen MR) is 92.4 cm³/mol. The van der Waals surface area contributed by atoms with Crippen molar-refractivity contribution in [2.75, 3.05) is 26.2 Å². The van der Waals surface area contributed by atoms with E-state index in [4.69, 9.17) is 0 Å². The largest absolute Gasteiger partial charge is 0.336 e. The van der Waals surface area contributed by atoms with Crippen LogP contribution in [0.1, 0.15) is 17.3 Å². The lowest BCUT2D eigenvalue weighted by molar-refractivity contribution is 0.0709. The number of sulfonamides is 1. The summed E-state index contributed by atoms with van der Waals surface area (Å²) in [6.07, 6.45) is 1.47. The van der Waals surface area contributed by atoms with Crippen LogP contribution in [0.15, 0.2) is 41.8 Å². The van der Waals surface area contributed by atoms with E-state index in [1.165, 1.54) is 18.2 Å². The van der Waals surface area contributed by atoms with Gasteiger partial charge in [-0.2, -0.15) is 0 Å². The first-order valence-electron chi connectivity index (χ1n) is 7.17. The molecule has 2 N–H and O–H groups in total. The minimum atomic E-state index is -3.55. The zero-order valence-corrected chi connectivity index (χ0v) is 14.6. The first-order valence-corrected chi connectivity index (χ1v) is 8.65. The molecule has 8 heteroatoms. The highest BCUT2D eigenvalue weighted by atomic mass is 35.5. The molecular weight excluding hydrogens is 338 g/mol. The lowest BCUT2D eigenvalue weighted by atomic mass is 10.1. The van der Waals surface area contributed by atoms with Gasteiger partial charge >= 0.3 is 0 Å². The van der Waals surface area contributed by atoms with Gasteiger partial charge in [-0.3, -0.25) is 4.79 Å². The van der Waals surface area contributed by atoms with E-state index in [2.05, 4.69) is 16.6 Å². The molecule has 1 aromatic rings. The molecule has 1 unspecified atom stereocenters. The highest BCUT2D eigenvalue weighted by Crippen LogP contribution is 2.13. The van der Waals surface area contributed by atoms with E-state index in [-0.39, 0.29) is 35.8 Å². The number of hydrogen-bond donors (Lipinski definition) is 2. The van der Waals surface area contributed by atoms with Gasteiger partial charge in [0.1, 0.15) is 0 Å². The van der Waals surface area contributed by atoms with Crippen LogP contribution in [0.25, 0.3) is 0 Å². The van der Waals surface area contributed by atoms with Gasteiger partial charge in [-0.15, -0.1) is 19.0 Å². The van der Waals surface area contributed by atoms with E-state index in [9.17, 15) is 13.2 Å². The Morgan fingerprint density at radius 3 is 2.65 bits per heavy atom. The van der Waals surface area contributed by atoms with E-state index in [1.807, 2.05) is 6.92 Å². The quantitative estimate of drug-likeness (QED) is 0.769. The predicted octanol–water partition coefficient (Wildman–Crippen LogP) is 1.01. The SMILES string of the molecule is C=CCNS(=O)(=O)c1ccc(C(=O)N2CCNC(C)C2)cc1.Cl. The Bertz CT molecular complexity index is 646. The molecule has 0 saturated carbocycles. The average molecular weight is 360 g/mol. The molecule has 128 valence electrons. The summed E-state index contributed by atoms with van der Waals surface area (Å²) in [4.78, 5) is 14.3. The highest BCUT2D eigenvalue weighted by Gasteiger charge is 2.22. The Labute approximate surface area is 143 Å². The van der Waals surface area contributed by atoms with Gasteiger partial charge in [0.15, 0.2) is 0 Å². The number of hydrogen-bond acceptors (Lipinski definition) is 4. The van der Waals surface area contributed by atoms with Gasteiger partial charge < -0.3 is 10.2 Å². The van der Waals surface area contributed by atoms with Crippen LogP contribution in [-0.4, -0.2) is 51.4 Å². The number of rotatable bonds is 5. The fourth-order valence-electron chi connectivity index (χ4n) is 2.33. The van der Waals surface area contributed by atoms with E-state index in [1.54, 1.807) is 17.0 Å². The topological polar surface area (TPSA) is 78.5 Å². The van der Waals surface area contributed by atoms with Crippen LogP contribution >= 0.6 is 12.4 Å². The number of nitrogens with one attached hydrogen (secondary N) is 2. The second kappa shape index (κ2) is 8.44. The van der Waals surface area contributed by atoms with Crippen LogP contribution in [0.3, 0.4) is 0 Å². The van der Waals surface area contributed by atoms with Crippen molar-refractivity contribution in [3.8, 4) is 0 Å². The molecule has 6 nitrogen and oxygen atoms in total. The van der Waals surface area contributed by atoms with E-state index < -0.39 is 10.0 Å². The summed E-state index contributed by atoms with van der Waals surface area (Å²) < 4.78 is 26.3. The van der Waals surface area contributed by atoms with Gasteiger partial charge in [0.05, 0.1) is 4.90 Å². The van der Waals surface area contributed by atoms with Crippen LogP contribution in [0.4, 0.5) is 0 Å². The third-order valence-corrected chi connectivity index (χ3v) is 4.92. The van der Waals surface area contributed by atoms with Crippen molar-refractivity contribution in [3.05, 3.63) is 42.5 Å². The molecule has 1 aromatic carbocycles. The van der Waals surface area contributed by atoms with Crippen LogP contribution in [0.2, 0.25) is 0 Å². The molecule has 1 aliphatic heterocycles. The molecule has 2 rings (SSSR count). The molecule has 23 heavy (non-hydrogen) atoms. The zero-order chi connectivity index (χ0) is 16.2. The van der Waals surface area contributed by atoms with E-state index in [0.29, 0.717) is 18.7 Å². The normalized spacial score (nSPS) is 18.1. The number of amides is 1. The molecule has 1 amide bonds. The minimum Gasteiger partial charge on any atom is -0.336 e. The zero-order valence-electron chi connectivity index (χ0n) is 13.0. The molecule has 1 fully saturated rings. The molecule has 0 bridgehead atoms. The number of piperazine rings is 1. The van der Waals surface area contributed by atoms with Crippen molar-refractivity contribution in [2.24, 2.45) is 0 Å². The lowest BCUT2D eigenvalue weighted by Gasteiger charge is -2.32. The maximum absolute atomic E-state index is 12.4. The summed E-state index contributed by atoms with van der Waals surface area (Å²) in [7, 11) is -3.55. The standard InChI is InChI=1S/C15H21N3O3S.ClH/c1-3-8-17-22(20,21)14-6-4-13(5-7-14)15(19)18-10-9-16-12(2)11-18;/h3-7,12,16-17H,1,8-11H2,2H3;1H. The van der Waals surface area contributed by atoms with Crippen molar-refractivity contribution in [2.45, 2.75) is 17.9 Å². The van der Waals surface area contributed by atoms with Crippen molar-refractivity contribution >= 4 is 28.3 Å². The summed E-state index contributed by atoms with van der Waals surface area (Å²) >= 11 is 0. The van der Waals surface area contributed by atoms with Crippen molar-refractivity contribution in [1.82, 2.24) is 14.9 Å². The van der Waals surface area contributed by atoms with Gasteiger partial charge in [-0.05, 0) is 31.2 Å². The van der Waals surface area contributed by atoms with Crippen molar-refractivity contribution < 1.29 is 13.2 Å². The second-order valence-electron chi connectivity index (χ2n) is 5.27. The van der Waals surface area contributed by atoms with Gasteiger partial charge in [0.2, 0.25) is 10.0 Å². The van der Waals surface area contributed by atoms with Crippen LogP contribution in [-0.2, 0) is 10.0 Å². The summed E-state index contributed by atoms with van der Waals surface area (Å²) in [5.41, 5.74) is 0.497. The maximum Gasteiger partial charge on any atom is 0.253 e. The smallest absolute Gasteiger partial charge is 0.253 e. The molecule has 1 aliphatic rings. The van der Waals surface area contributed by atoms with Gasteiger partial charge in [0, 0.05) is 37.8 Å². The summed E-state index contributed by atoms with van der Waals surface area (Å²) in [5.74, 6) is -0.0728. The second-order valence-corrected chi connectivity index (χ2v) is 7.04. The monoisotopic (exact) mass is 359 g/mol. The number of carbonyl (C=O) groups excluding carboxylic acids is 1. The molecule has 0 aliphatic carbocycles. The molecule has 1 heterocycles. The number of carbonyl (C=O) groups is 1. The van der Waals surface area contributed by atoms with E-state index in [0.717, 1.165) is 6.54 Å². The maximum atomic E-state index is 12.4. The van der Waals surface area contributed by atoms with Gasteiger partial charge in [-0.25, -0.2) is 13.1 Å². The Morgan fingerprint density at radius 2 is 2.09 bits per heavy atom. The van der Waals surface area contributed by atoms with Crippen LogP contribution in [0.5, 0.6) is 0 Å². The number of nitrogens with zero attached hydrogens (tertiary/aromatic N) is 1. The Kier molecular flexibility index (Phi) is 7.21. The molecule has 1 saturated heterocycles. The molecule has 0 spiro atoms. The molecule has 1 atom stereocenters.